The van der Waals surface area contributed by atoms with E-state index in [0.29, 0.717) is 0 Å². The van der Waals surface area contributed by atoms with Crippen molar-refractivity contribution in [2.75, 3.05) is 0 Å². The average Bonchev–Trinajstić information content (AvgIpc) is 1.61. The zero-order valence-electron chi connectivity index (χ0n) is 3.13. The number of hydrogen-bond donors (Lipinski definition) is 0. The predicted octanol–water partition coefficient (Wildman–Crippen LogP) is 0.513. The minimum absolute atomic E-state index is 1.56. The molecule has 0 saturated heterocycles. The molecular weight excluding hydrogens is 159 g/mol. The molecule has 0 aliphatic heterocycles. The van der Waals surface area contributed by atoms with E-state index in [4.69, 9.17) is 0 Å². The molecule has 0 amide bonds. The topological polar surface area (TPSA) is 0 Å². The number of hydrogen-bond acceptors (Lipinski definition) is 1. The molecule has 0 aromatic carbocycles. The molecule has 0 aromatic heterocycles. The maximum absolute atomic E-state index is 4.47. The van der Waals surface area contributed by atoms with Crippen molar-refractivity contribution in [1.29, 1.82) is 0 Å². The molecule has 0 nitrogen and oxygen atoms in total. The van der Waals surface area contributed by atoms with Crippen LogP contribution in [0.25, 0.3) is 0 Å². The molecule has 0 unspecified atom stereocenters. The van der Waals surface area contributed by atoms with Crippen molar-refractivity contribution in [3.05, 3.63) is 12.2 Å². The second kappa shape index (κ2) is 5.22. The van der Waals surface area contributed by atoms with Gasteiger partial charge in [-0.25, -0.2) is 0 Å². The Labute approximate surface area is 50.6 Å². The van der Waals surface area contributed by atoms with E-state index in [-0.39, 0.29) is 0 Å². The summed E-state index contributed by atoms with van der Waals surface area (Å²) in [4.78, 5) is 1.81. The monoisotopic (exact) mass is 164 g/mol. The summed E-state index contributed by atoms with van der Waals surface area (Å²) >= 11 is 7.17. The van der Waals surface area contributed by atoms with Crippen LogP contribution in [0.15, 0.2) is 12.2 Å². The van der Waals surface area contributed by atoms with Crippen molar-refractivity contribution < 1.29 is 0 Å². The molecule has 0 bridgehead atoms. The van der Waals surface area contributed by atoms with Gasteiger partial charge in [-0.2, -0.15) is 0 Å². The van der Waals surface area contributed by atoms with Gasteiger partial charge in [0, 0.05) is 0 Å². The molecule has 0 aliphatic carbocycles. The quantitative estimate of drug-likeness (QED) is 0.325. The maximum atomic E-state index is 4.47. The van der Waals surface area contributed by atoms with E-state index in [9.17, 15) is 0 Å². The van der Waals surface area contributed by atoms with Gasteiger partial charge in [-0.1, -0.05) is 0 Å². The third-order valence-corrected chi connectivity index (χ3v) is 0.755. The summed E-state index contributed by atoms with van der Waals surface area (Å²) in [5, 5.41) is 1.56. The molecule has 0 radical (unpaired) electrons. The van der Waals surface area contributed by atoms with Crippen LogP contribution >= 0.6 is 12.2 Å². The van der Waals surface area contributed by atoms with Crippen molar-refractivity contribution in [2.45, 2.75) is 0 Å². The predicted molar refractivity (Wildman–Crippen MR) is 34.6 cm³/mol. The molecule has 0 aromatic rings. The Balaban J connectivity index is 3.17. The van der Waals surface area contributed by atoms with Crippen LogP contribution in [-0.4, -0.2) is 25.9 Å². The first kappa shape index (κ1) is 6.22. The van der Waals surface area contributed by atoms with E-state index in [1.54, 1.807) is 11.4 Å². The average molecular weight is 163 g/mol. The molecule has 0 atom stereocenters. The van der Waals surface area contributed by atoms with E-state index < -0.39 is 0 Å². The number of allylic oxidation sites excluding steroid dienone is 2. The summed E-state index contributed by atoms with van der Waals surface area (Å²) in [7, 11) is 0. The van der Waals surface area contributed by atoms with Crippen molar-refractivity contribution >= 4 is 38.1 Å². The van der Waals surface area contributed by atoms with E-state index in [1.807, 2.05) is 11.0 Å². The standard InChI is InChI=1S/C4H4SSe/c5-3-1-2-4-6/h1-4H/b2-1+. The van der Waals surface area contributed by atoms with Gasteiger partial charge >= 0.3 is 50.2 Å². The molecule has 6 heavy (non-hydrogen) atoms. The molecule has 0 heterocycles. The Hall–Kier alpha value is 0.219. The Morgan fingerprint density at radius 1 is 1.33 bits per heavy atom. The van der Waals surface area contributed by atoms with Gasteiger partial charge < -0.3 is 0 Å². The molecule has 0 N–H and O–H groups in total. The first-order chi connectivity index (χ1) is 2.91. The van der Waals surface area contributed by atoms with Crippen LogP contribution in [0.3, 0.4) is 0 Å². The Morgan fingerprint density at radius 2 is 2.00 bits per heavy atom. The van der Waals surface area contributed by atoms with E-state index in [2.05, 4.69) is 27.8 Å². The van der Waals surface area contributed by atoms with Crippen LogP contribution in [0.2, 0.25) is 0 Å². The van der Waals surface area contributed by atoms with Gasteiger partial charge in [0.1, 0.15) is 0 Å². The fourth-order valence-corrected chi connectivity index (χ4v) is 0.372. The van der Waals surface area contributed by atoms with Crippen LogP contribution in [0, 0.1) is 0 Å². The van der Waals surface area contributed by atoms with Crippen molar-refractivity contribution in [1.82, 2.24) is 0 Å². The summed E-state index contributed by atoms with van der Waals surface area (Å²) < 4.78 is 0. The van der Waals surface area contributed by atoms with E-state index in [1.165, 1.54) is 0 Å². The molecule has 0 aliphatic rings. The zero-order valence-corrected chi connectivity index (χ0v) is 5.66. The van der Waals surface area contributed by atoms with Gasteiger partial charge in [-0.05, 0) is 0 Å². The summed E-state index contributed by atoms with van der Waals surface area (Å²) in [6.45, 7) is 0. The molecular formula is C4H4SSe. The molecule has 0 saturated carbocycles. The molecule has 32 valence electrons. The number of thiocarbonyl (C=S) groups is 1. The third-order valence-electron chi connectivity index (χ3n) is 0.268. The minimum atomic E-state index is 1.56. The SMILES string of the molecule is S=C/C=C/C=[Se]. The molecule has 0 rings (SSSR count). The van der Waals surface area contributed by atoms with Gasteiger partial charge in [0.25, 0.3) is 0 Å². The van der Waals surface area contributed by atoms with Crippen LogP contribution in [0.4, 0.5) is 0 Å². The Kier molecular flexibility index (Phi) is 5.41. The van der Waals surface area contributed by atoms with Gasteiger partial charge in [-0.3, -0.25) is 0 Å². The van der Waals surface area contributed by atoms with Gasteiger partial charge in [-0.15, -0.1) is 0 Å². The van der Waals surface area contributed by atoms with Crippen molar-refractivity contribution in [3.63, 3.8) is 0 Å². The first-order valence-electron chi connectivity index (χ1n) is 1.47. The summed E-state index contributed by atoms with van der Waals surface area (Å²) in [5.74, 6) is 0. The van der Waals surface area contributed by atoms with Crippen LogP contribution in [-0.2, 0) is 0 Å². The number of rotatable bonds is 2. The normalized spacial score (nSPS) is 8.67. The summed E-state index contributed by atoms with van der Waals surface area (Å²) in [5.41, 5.74) is 0. The second-order valence-electron chi connectivity index (χ2n) is 0.657. The third kappa shape index (κ3) is 4.22. The summed E-state index contributed by atoms with van der Waals surface area (Å²) in [6, 6.07) is 0. The van der Waals surface area contributed by atoms with Gasteiger partial charge in [0.2, 0.25) is 0 Å². The van der Waals surface area contributed by atoms with E-state index in [0.717, 1.165) is 0 Å². The molecule has 2 heteroatoms. The fraction of sp³-hybridized carbons (Fsp3) is 0. The Morgan fingerprint density at radius 3 is 2.17 bits per heavy atom. The zero-order chi connectivity index (χ0) is 4.83. The Bertz CT molecular complexity index is 65.6. The van der Waals surface area contributed by atoms with E-state index >= 15 is 0 Å². The molecule has 0 fully saturated rings. The van der Waals surface area contributed by atoms with Crippen LogP contribution in [0.5, 0.6) is 0 Å². The van der Waals surface area contributed by atoms with Crippen molar-refractivity contribution in [2.24, 2.45) is 0 Å². The van der Waals surface area contributed by atoms with Gasteiger partial charge in [0.15, 0.2) is 0 Å². The first-order valence-corrected chi connectivity index (χ1v) is 2.93. The van der Waals surface area contributed by atoms with Crippen LogP contribution in [0.1, 0.15) is 0 Å². The second-order valence-corrected chi connectivity index (χ2v) is 1.50. The summed E-state index contributed by atoms with van der Waals surface area (Å²) in [6.07, 6.45) is 3.62. The van der Waals surface area contributed by atoms with Gasteiger partial charge in [0.05, 0.1) is 0 Å². The van der Waals surface area contributed by atoms with Crippen molar-refractivity contribution in [3.8, 4) is 0 Å². The van der Waals surface area contributed by atoms with Crippen LogP contribution < -0.4 is 0 Å². The molecule has 0 spiro atoms. The fourth-order valence-electron chi connectivity index (χ4n) is 0.0907.